The van der Waals surface area contributed by atoms with E-state index in [-0.39, 0.29) is 5.56 Å². The predicted octanol–water partition coefficient (Wildman–Crippen LogP) is 3.99. The van der Waals surface area contributed by atoms with Crippen LogP contribution in [0.1, 0.15) is 36.6 Å². The molecular formula is C20H23N3O. The smallest absolute Gasteiger partial charge is 0.271 e. The SMILES string of the molecule is Cc1ccc(C(C)C)cc1N(C)Cc1nc2ccccc2[nH]c1=O. The summed E-state index contributed by atoms with van der Waals surface area (Å²) in [4.78, 5) is 21.9. The van der Waals surface area contributed by atoms with Crippen molar-refractivity contribution in [1.82, 2.24) is 9.97 Å². The highest BCUT2D eigenvalue weighted by Gasteiger charge is 2.12. The molecule has 0 atom stereocenters. The topological polar surface area (TPSA) is 49.0 Å². The third-order valence-corrected chi connectivity index (χ3v) is 4.37. The molecule has 1 N–H and O–H groups in total. The number of rotatable bonds is 4. The number of anilines is 1. The molecule has 3 aromatic rings. The maximum Gasteiger partial charge on any atom is 0.271 e. The van der Waals surface area contributed by atoms with Gasteiger partial charge in [0.2, 0.25) is 0 Å². The Hall–Kier alpha value is -2.62. The summed E-state index contributed by atoms with van der Waals surface area (Å²) in [5.74, 6) is 0.472. The minimum absolute atomic E-state index is 0.127. The van der Waals surface area contributed by atoms with E-state index in [1.54, 1.807) is 0 Å². The number of hydrogen-bond donors (Lipinski definition) is 1. The van der Waals surface area contributed by atoms with E-state index in [9.17, 15) is 4.79 Å². The van der Waals surface area contributed by atoms with E-state index in [0.29, 0.717) is 18.2 Å². The molecule has 124 valence electrons. The number of para-hydroxylation sites is 2. The van der Waals surface area contributed by atoms with Crippen LogP contribution in [-0.2, 0) is 6.54 Å². The lowest BCUT2D eigenvalue weighted by molar-refractivity contribution is 0.845. The highest BCUT2D eigenvalue weighted by atomic mass is 16.1. The van der Waals surface area contributed by atoms with E-state index in [2.05, 4.69) is 53.8 Å². The first-order chi connectivity index (χ1) is 11.5. The van der Waals surface area contributed by atoms with Gasteiger partial charge in [0.25, 0.3) is 5.56 Å². The molecule has 0 saturated carbocycles. The lowest BCUT2D eigenvalue weighted by atomic mass is 10.0. The van der Waals surface area contributed by atoms with E-state index in [0.717, 1.165) is 16.7 Å². The summed E-state index contributed by atoms with van der Waals surface area (Å²) >= 11 is 0. The third-order valence-electron chi connectivity index (χ3n) is 4.37. The van der Waals surface area contributed by atoms with Crippen LogP contribution in [0.5, 0.6) is 0 Å². The maximum absolute atomic E-state index is 12.3. The average Bonchev–Trinajstić information content (AvgIpc) is 2.55. The number of benzene rings is 2. The maximum atomic E-state index is 12.3. The lowest BCUT2D eigenvalue weighted by Crippen LogP contribution is -2.25. The van der Waals surface area contributed by atoms with Crippen LogP contribution in [-0.4, -0.2) is 17.0 Å². The van der Waals surface area contributed by atoms with Crippen molar-refractivity contribution in [3.05, 3.63) is 69.6 Å². The minimum atomic E-state index is -0.127. The first-order valence-corrected chi connectivity index (χ1v) is 8.25. The van der Waals surface area contributed by atoms with Gasteiger partial charge in [-0.2, -0.15) is 0 Å². The molecule has 0 aliphatic heterocycles. The Kier molecular flexibility index (Phi) is 4.38. The zero-order chi connectivity index (χ0) is 17.3. The fourth-order valence-electron chi connectivity index (χ4n) is 2.88. The van der Waals surface area contributed by atoms with Gasteiger partial charge in [0, 0.05) is 12.7 Å². The molecule has 0 fully saturated rings. The van der Waals surface area contributed by atoms with E-state index in [1.807, 2.05) is 31.3 Å². The summed E-state index contributed by atoms with van der Waals surface area (Å²) in [5, 5.41) is 0. The molecule has 1 aromatic heterocycles. The number of nitrogens with one attached hydrogen (secondary N) is 1. The summed E-state index contributed by atoms with van der Waals surface area (Å²) in [6, 6.07) is 14.1. The number of aromatic amines is 1. The Morgan fingerprint density at radius 2 is 1.92 bits per heavy atom. The Morgan fingerprint density at radius 3 is 2.67 bits per heavy atom. The summed E-state index contributed by atoms with van der Waals surface area (Å²) in [7, 11) is 2.00. The second-order valence-corrected chi connectivity index (χ2v) is 6.59. The molecule has 0 aliphatic carbocycles. The van der Waals surface area contributed by atoms with Gasteiger partial charge in [-0.05, 0) is 42.2 Å². The highest BCUT2D eigenvalue weighted by Crippen LogP contribution is 2.25. The molecule has 4 nitrogen and oxygen atoms in total. The molecule has 0 aliphatic rings. The van der Waals surface area contributed by atoms with E-state index in [4.69, 9.17) is 0 Å². The van der Waals surface area contributed by atoms with Crippen LogP contribution in [0.15, 0.2) is 47.3 Å². The van der Waals surface area contributed by atoms with Gasteiger partial charge in [-0.1, -0.05) is 38.1 Å². The second-order valence-electron chi connectivity index (χ2n) is 6.59. The fraction of sp³-hybridized carbons (Fsp3) is 0.300. The Morgan fingerprint density at radius 1 is 1.17 bits per heavy atom. The number of nitrogens with zero attached hydrogens (tertiary/aromatic N) is 2. The van der Waals surface area contributed by atoms with Gasteiger partial charge >= 0.3 is 0 Å². The standard InChI is InChI=1S/C20H23N3O/c1-13(2)15-10-9-14(3)19(11-15)23(4)12-18-20(24)22-17-8-6-5-7-16(17)21-18/h5-11,13H,12H2,1-4H3,(H,22,24). The fourth-order valence-corrected chi connectivity index (χ4v) is 2.88. The molecule has 3 rings (SSSR count). The largest absolute Gasteiger partial charge is 0.368 e. The summed E-state index contributed by atoms with van der Waals surface area (Å²) in [5.41, 5.74) is 5.61. The second kappa shape index (κ2) is 6.48. The molecule has 2 aromatic carbocycles. The van der Waals surface area contributed by atoms with Crippen LogP contribution in [0.25, 0.3) is 11.0 Å². The zero-order valence-electron chi connectivity index (χ0n) is 14.6. The van der Waals surface area contributed by atoms with Gasteiger partial charge in [-0.3, -0.25) is 4.79 Å². The van der Waals surface area contributed by atoms with Crippen molar-refractivity contribution >= 4 is 16.7 Å². The first-order valence-electron chi connectivity index (χ1n) is 8.25. The van der Waals surface area contributed by atoms with Crippen molar-refractivity contribution in [3.63, 3.8) is 0 Å². The molecule has 0 spiro atoms. The van der Waals surface area contributed by atoms with Gasteiger partial charge in [0.05, 0.1) is 17.6 Å². The molecule has 0 saturated heterocycles. The number of H-pyrrole nitrogens is 1. The van der Waals surface area contributed by atoms with Crippen molar-refractivity contribution < 1.29 is 0 Å². The normalized spacial score (nSPS) is 11.2. The van der Waals surface area contributed by atoms with Crippen LogP contribution >= 0.6 is 0 Å². The molecule has 1 heterocycles. The van der Waals surface area contributed by atoms with Crippen LogP contribution in [0, 0.1) is 6.92 Å². The lowest BCUT2D eigenvalue weighted by Gasteiger charge is -2.22. The number of aryl methyl sites for hydroxylation is 1. The predicted molar refractivity (Wildman–Crippen MR) is 99.7 cm³/mol. The molecule has 4 heteroatoms. The van der Waals surface area contributed by atoms with Crippen LogP contribution < -0.4 is 10.5 Å². The van der Waals surface area contributed by atoms with Crippen molar-refractivity contribution in [3.8, 4) is 0 Å². The zero-order valence-corrected chi connectivity index (χ0v) is 14.6. The number of fused-ring (bicyclic) bond motifs is 1. The molecule has 0 unspecified atom stereocenters. The molecule has 0 bridgehead atoms. The van der Waals surface area contributed by atoms with Crippen LogP contribution in [0.2, 0.25) is 0 Å². The third kappa shape index (κ3) is 3.18. The van der Waals surface area contributed by atoms with Gasteiger partial charge in [0.1, 0.15) is 5.69 Å². The van der Waals surface area contributed by atoms with E-state index >= 15 is 0 Å². The molecule has 0 radical (unpaired) electrons. The Balaban J connectivity index is 1.95. The minimum Gasteiger partial charge on any atom is -0.368 e. The Labute approximate surface area is 142 Å². The van der Waals surface area contributed by atoms with Crippen LogP contribution in [0.3, 0.4) is 0 Å². The molecule has 24 heavy (non-hydrogen) atoms. The van der Waals surface area contributed by atoms with Gasteiger partial charge < -0.3 is 9.88 Å². The van der Waals surface area contributed by atoms with Crippen LogP contribution in [0.4, 0.5) is 5.69 Å². The van der Waals surface area contributed by atoms with Crippen molar-refractivity contribution in [1.29, 1.82) is 0 Å². The van der Waals surface area contributed by atoms with E-state index < -0.39 is 0 Å². The summed E-state index contributed by atoms with van der Waals surface area (Å²) in [6.07, 6.45) is 0. The average molecular weight is 321 g/mol. The first kappa shape index (κ1) is 16.2. The Bertz CT molecular complexity index is 928. The highest BCUT2D eigenvalue weighted by molar-refractivity contribution is 5.73. The summed E-state index contributed by atoms with van der Waals surface area (Å²) in [6.45, 7) is 6.94. The van der Waals surface area contributed by atoms with Crippen molar-refractivity contribution in [2.45, 2.75) is 33.2 Å². The molecular weight excluding hydrogens is 298 g/mol. The summed E-state index contributed by atoms with van der Waals surface area (Å²) < 4.78 is 0. The quantitative estimate of drug-likeness (QED) is 0.790. The van der Waals surface area contributed by atoms with E-state index in [1.165, 1.54) is 11.1 Å². The molecule has 0 amide bonds. The van der Waals surface area contributed by atoms with Crippen molar-refractivity contribution in [2.75, 3.05) is 11.9 Å². The van der Waals surface area contributed by atoms with Gasteiger partial charge in [-0.15, -0.1) is 0 Å². The monoisotopic (exact) mass is 321 g/mol. The van der Waals surface area contributed by atoms with Gasteiger partial charge in [-0.25, -0.2) is 4.98 Å². The van der Waals surface area contributed by atoms with Crippen molar-refractivity contribution in [2.24, 2.45) is 0 Å². The van der Waals surface area contributed by atoms with Gasteiger partial charge in [0.15, 0.2) is 0 Å². The number of hydrogen-bond acceptors (Lipinski definition) is 3. The number of aromatic nitrogens is 2.